The van der Waals surface area contributed by atoms with Crippen molar-refractivity contribution in [3.8, 4) is 0 Å². The third-order valence-corrected chi connectivity index (χ3v) is 9.58. The second kappa shape index (κ2) is 17.9. The Morgan fingerprint density at radius 3 is 2.39 bits per heavy atom. The van der Waals surface area contributed by atoms with E-state index in [4.69, 9.17) is 9.57 Å². The Morgan fingerprint density at radius 1 is 1.07 bits per heavy atom. The number of hydrazine groups is 1. The molecule has 0 aliphatic carbocycles. The molecule has 2 amide bonds. The van der Waals surface area contributed by atoms with Gasteiger partial charge in [0.1, 0.15) is 0 Å². The van der Waals surface area contributed by atoms with Gasteiger partial charge in [-0.05, 0) is 50.5 Å². The molecule has 12 nitrogen and oxygen atoms in total. The van der Waals surface area contributed by atoms with Crippen molar-refractivity contribution in [1.82, 2.24) is 15.3 Å². The number of allylic oxidation sites excluding steroid dienone is 1. The van der Waals surface area contributed by atoms with E-state index in [0.717, 1.165) is 22.8 Å². The van der Waals surface area contributed by atoms with Gasteiger partial charge in [0, 0.05) is 30.7 Å². The number of para-hydroxylation sites is 1. The number of ether oxygens (including phenoxy) is 1. The first-order chi connectivity index (χ1) is 21.9. The van der Waals surface area contributed by atoms with E-state index in [0.29, 0.717) is 19.4 Å². The van der Waals surface area contributed by atoms with Crippen LogP contribution in [0.3, 0.4) is 0 Å². The van der Waals surface area contributed by atoms with Crippen LogP contribution >= 0.6 is 0 Å². The number of hydroxylamine groups is 1. The second-order valence-electron chi connectivity index (χ2n) is 11.9. The van der Waals surface area contributed by atoms with Gasteiger partial charge < -0.3 is 4.74 Å². The molecule has 2 aromatic rings. The minimum absolute atomic E-state index is 0.000772. The molecule has 1 heterocycles. The highest BCUT2D eigenvalue weighted by Gasteiger charge is 2.38. The number of rotatable bonds is 17. The predicted octanol–water partition coefficient (Wildman–Crippen LogP) is 5.51. The lowest BCUT2D eigenvalue weighted by atomic mass is 9.82. The molecule has 0 spiro atoms. The highest BCUT2D eigenvalue weighted by atomic mass is 32.2. The van der Waals surface area contributed by atoms with Crippen molar-refractivity contribution in [2.75, 3.05) is 6.61 Å². The highest BCUT2D eigenvalue weighted by Crippen LogP contribution is 2.28. The van der Waals surface area contributed by atoms with Crippen molar-refractivity contribution in [2.45, 2.75) is 84.3 Å². The van der Waals surface area contributed by atoms with E-state index >= 15 is 0 Å². The predicted molar refractivity (Wildman–Crippen MR) is 175 cm³/mol. The van der Waals surface area contributed by atoms with Crippen LogP contribution in [0.4, 0.5) is 5.69 Å². The Bertz CT molecular complexity index is 1430. The van der Waals surface area contributed by atoms with Gasteiger partial charge in [0.15, 0.2) is 6.29 Å². The summed E-state index contributed by atoms with van der Waals surface area (Å²) in [7, 11) is -4.28. The van der Waals surface area contributed by atoms with Crippen molar-refractivity contribution in [3.63, 3.8) is 0 Å². The smallest absolute Gasteiger partial charge is 0.273 e. The number of nitrogens with zero attached hydrogens (tertiary/aromatic N) is 2. The minimum atomic E-state index is -4.28. The highest BCUT2D eigenvalue weighted by molar-refractivity contribution is 7.88. The van der Waals surface area contributed by atoms with E-state index in [-0.39, 0.29) is 30.0 Å². The number of hydrogen-bond donors (Lipinski definition) is 2. The summed E-state index contributed by atoms with van der Waals surface area (Å²) in [5.41, 5.74) is 5.69. The first-order valence-electron chi connectivity index (χ1n) is 15.8. The zero-order valence-corrected chi connectivity index (χ0v) is 27.8. The van der Waals surface area contributed by atoms with E-state index in [2.05, 4.69) is 10.9 Å². The molecule has 1 saturated heterocycles. The summed E-state index contributed by atoms with van der Waals surface area (Å²) < 4.78 is 33.9. The molecule has 46 heavy (non-hydrogen) atoms. The summed E-state index contributed by atoms with van der Waals surface area (Å²) in [5.74, 6) is -3.74. The lowest BCUT2D eigenvalue weighted by molar-refractivity contribution is -0.385. The molecule has 1 fully saturated rings. The zero-order valence-electron chi connectivity index (χ0n) is 27.0. The van der Waals surface area contributed by atoms with Gasteiger partial charge in [0.25, 0.3) is 5.69 Å². The van der Waals surface area contributed by atoms with Gasteiger partial charge >= 0.3 is 0 Å². The maximum atomic E-state index is 14.1. The number of carbonyl (C=O) groups is 2. The lowest BCUT2D eigenvalue weighted by Crippen LogP contribution is -2.54. The van der Waals surface area contributed by atoms with Crippen LogP contribution in [-0.2, 0) is 34.9 Å². The molecule has 0 saturated carbocycles. The Hall–Kier alpha value is -3.65. The monoisotopic (exact) mass is 658 g/mol. The average Bonchev–Trinajstić information content (AvgIpc) is 3.04. The summed E-state index contributed by atoms with van der Waals surface area (Å²) in [5, 5.41) is 11.6. The van der Waals surface area contributed by atoms with E-state index in [1.54, 1.807) is 13.8 Å². The molecule has 0 aromatic heterocycles. The molecule has 0 radical (unpaired) electrons. The van der Waals surface area contributed by atoms with Crippen LogP contribution in [-0.4, -0.2) is 48.5 Å². The molecule has 1 aliphatic rings. The largest absolute Gasteiger partial charge is 0.350 e. The summed E-state index contributed by atoms with van der Waals surface area (Å²) >= 11 is 0. The van der Waals surface area contributed by atoms with Crippen molar-refractivity contribution in [2.24, 2.45) is 17.8 Å². The normalized spacial score (nSPS) is 17.5. The van der Waals surface area contributed by atoms with Crippen LogP contribution in [0.25, 0.3) is 6.08 Å². The van der Waals surface area contributed by atoms with E-state index < -0.39 is 56.7 Å². The van der Waals surface area contributed by atoms with Gasteiger partial charge in [-0.25, -0.2) is 18.7 Å². The van der Waals surface area contributed by atoms with Crippen LogP contribution in [0.5, 0.6) is 0 Å². The number of amides is 2. The van der Waals surface area contributed by atoms with E-state index in [1.165, 1.54) is 24.3 Å². The van der Waals surface area contributed by atoms with Crippen molar-refractivity contribution in [1.29, 1.82) is 0 Å². The summed E-state index contributed by atoms with van der Waals surface area (Å²) in [6, 6.07) is 14.4. The Labute approximate surface area is 271 Å². The molecular formula is C33H46N4O8S. The molecule has 2 aromatic carbocycles. The molecule has 2 N–H and O–H groups in total. The number of nitrogens with one attached hydrogen (secondary N) is 2. The summed E-state index contributed by atoms with van der Waals surface area (Å²) in [6.45, 7) is 7.76. The van der Waals surface area contributed by atoms with Gasteiger partial charge in [-0.2, -0.15) is 0 Å². The Morgan fingerprint density at radius 2 is 1.76 bits per heavy atom. The molecule has 1 aliphatic heterocycles. The number of carbonyl (C=O) groups excluding carboxylic acids is 2. The molecule has 4 atom stereocenters. The average molecular weight is 659 g/mol. The maximum absolute atomic E-state index is 14.1. The summed E-state index contributed by atoms with van der Waals surface area (Å²) in [4.78, 5) is 44.3. The van der Waals surface area contributed by atoms with Crippen LogP contribution in [0.15, 0.2) is 60.7 Å². The first kappa shape index (κ1) is 36.8. The van der Waals surface area contributed by atoms with Crippen molar-refractivity contribution >= 4 is 33.6 Å². The standard InChI is InChI=1S/C33H46N4O8S/c1-5-25(4)36(46(42,43)23-27-17-9-10-19-30(27)37(40)41)34-32(38)29(22-24(2)3)28(18-13-16-26-14-7-6-8-15-26)33(39)35-45-31-20-11-12-21-44-31/h6-10,13-17,19,24-25,28-29,31H,5,11-12,18,20-23H2,1-4H3,(H,34,38)(H,35,39)/b16-13+/t25?,28-,29-,31?/m1/s1. The van der Waals surface area contributed by atoms with Gasteiger partial charge in [-0.1, -0.05) is 81.5 Å². The SMILES string of the molecule is CCC(C)N(NC(=O)[C@H](CC(C)C)[C@@H](C/C=C/c1ccccc1)C(=O)NOC1CCCCO1)S(=O)(=O)Cc1ccccc1[N+](=O)[O-]. The second-order valence-corrected chi connectivity index (χ2v) is 13.8. The minimum Gasteiger partial charge on any atom is -0.350 e. The molecule has 252 valence electrons. The lowest BCUT2D eigenvalue weighted by Gasteiger charge is -2.32. The van der Waals surface area contributed by atoms with Crippen molar-refractivity contribution in [3.05, 3.63) is 81.9 Å². The number of nitro benzene ring substituents is 1. The van der Waals surface area contributed by atoms with Crippen LogP contribution in [0, 0.1) is 27.9 Å². The number of nitro groups is 1. The zero-order chi connectivity index (χ0) is 33.7. The van der Waals surface area contributed by atoms with E-state index in [9.17, 15) is 28.1 Å². The van der Waals surface area contributed by atoms with Crippen molar-refractivity contribution < 1.29 is 32.5 Å². The fourth-order valence-electron chi connectivity index (χ4n) is 5.22. The third-order valence-electron chi connectivity index (χ3n) is 7.85. The van der Waals surface area contributed by atoms with Crippen LogP contribution in [0.1, 0.15) is 77.3 Å². The van der Waals surface area contributed by atoms with Gasteiger partial charge in [-0.3, -0.25) is 25.1 Å². The van der Waals surface area contributed by atoms with Gasteiger partial charge in [0.05, 0.1) is 22.5 Å². The van der Waals surface area contributed by atoms with Crippen LogP contribution in [0.2, 0.25) is 0 Å². The molecule has 13 heteroatoms. The first-order valence-corrected chi connectivity index (χ1v) is 17.4. The molecule has 2 unspecified atom stereocenters. The fraction of sp³-hybridized carbons (Fsp3) is 0.515. The van der Waals surface area contributed by atoms with Gasteiger partial charge in [0.2, 0.25) is 21.8 Å². The number of hydrogen-bond acceptors (Lipinski definition) is 8. The quantitative estimate of drug-likeness (QED) is 0.166. The fourth-order valence-corrected chi connectivity index (χ4v) is 6.93. The number of sulfonamides is 1. The van der Waals surface area contributed by atoms with E-state index in [1.807, 2.05) is 56.3 Å². The number of benzene rings is 2. The Balaban J connectivity index is 1.91. The topological polar surface area (TPSA) is 157 Å². The molecule has 0 bridgehead atoms. The van der Waals surface area contributed by atoms with Gasteiger partial charge in [-0.15, -0.1) is 4.41 Å². The summed E-state index contributed by atoms with van der Waals surface area (Å²) in [6.07, 6.45) is 6.31. The molecule has 3 rings (SSSR count). The Kier molecular flexibility index (Phi) is 14.3. The molecular weight excluding hydrogens is 612 g/mol. The third kappa shape index (κ3) is 11.0. The maximum Gasteiger partial charge on any atom is 0.273 e. The van der Waals surface area contributed by atoms with Crippen LogP contribution < -0.4 is 10.9 Å².